The third kappa shape index (κ3) is 3.95. The molecule has 0 fully saturated rings. The van der Waals surface area contributed by atoms with Crippen molar-refractivity contribution in [3.05, 3.63) is 23.9 Å². The van der Waals surface area contributed by atoms with Crippen LogP contribution in [0.4, 0.5) is 0 Å². The van der Waals surface area contributed by atoms with Gasteiger partial charge in [-0.05, 0) is 12.6 Å². The van der Waals surface area contributed by atoms with E-state index in [4.69, 9.17) is 9.84 Å². The molecular formula is C10H14N2O3. The van der Waals surface area contributed by atoms with Gasteiger partial charge in [0.15, 0.2) is 0 Å². The third-order valence-corrected chi connectivity index (χ3v) is 1.86. The molecule has 0 spiro atoms. The molecule has 0 radical (unpaired) electrons. The molecule has 1 aromatic heterocycles. The van der Waals surface area contributed by atoms with Crippen LogP contribution in [0.5, 0.6) is 5.88 Å². The first-order valence-electron chi connectivity index (χ1n) is 4.51. The average molecular weight is 210 g/mol. The van der Waals surface area contributed by atoms with Crippen LogP contribution in [0.2, 0.25) is 0 Å². The number of carboxylic acid groups (broad SMARTS) is 1. The Morgan fingerprint density at radius 2 is 2.33 bits per heavy atom. The number of carboxylic acids is 1. The lowest BCUT2D eigenvalue weighted by Crippen LogP contribution is -2.25. The van der Waals surface area contributed by atoms with Gasteiger partial charge in [-0.2, -0.15) is 0 Å². The van der Waals surface area contributed by atoms with Crippen LogP contribution < -0.4 is 4.74 Å². The molecule has 0 atom stereocenters. The van der Waals surface area contributed by atoms with Crippen LogP contribution in [0.3, 0.4) is 0 Å². The summed E-state index contributed by atoms with van der Waals surface area (Å²) in [5.41, 5.74) is 0.958. The highest BCUT2D eigenvalue weighted by molar-refractivity contribution is 5.69. The lowest BCUT2D eigenvalue weighted by Gasteiger charge is -2.13. The van der Waals surface area contributed by atoms with Gasteiger partial charge in [-0.1, -0.05) is 6.07 Å². The van der Waals surface area contributed by atoms with Crippen molar-refractivity contribution < 1.29 is 14.6 Å². The van der Waals surface area contributed by atoms with Crippen LogP contribution >= 0.6 is 0 Å². The fourth-order valence-corrected chi connectivity index (χ4v) is 1.22. The second-order valence-electron chi connectivity index (χ2n) is 3.27. The van der Waals surface area contributed by atoms with Gasteiger partial charge < -0.3 is 9.84 Å². The zero-order chi connectivity index (χ0) is 11.3. The lowest BCUT2D eigenvalue weighted by atomic mass is 10.2. The van der Waals surface area contributed by atoms with Crippen LogP contribution in [0.1, 0.15) is 5.56 Å². The summed E-state index contributed by atoms with van der Waals surface area (Å²) in [5, 5.41) is 8.57. The fraction of sp³-hybridized carbons (Fsp3) is 0.400. The van der Waals surface area contributed by atoms with Gasteiger partial charge in [-0.25, -0.2) is 4.98 Å². The predicted octanol–water partition coefficient (Wildman–Crippen LogP) is 0.607. The molecule has 0 aliphatic rings. The van der Waals surface area contributed by atoms with E-state index in [-0.39, 0.29) is 6.54 Å². The molecule has 0 aliphatic heterocycles. The second kappa shape index (κ2) is 5.31. The van der Waals surface area contributed by atoms with Crippen molar-refractivity contribution in [1.29, 1.82) is 0 Å². The number of hydrogen-bond donors (Lipinski definition) is 1. The summed E-state index contributed by atoms with van der Waals surface area (Å²) < 4.78 is 4.92. The zero-order valence-electron chi connectivity index (χ0n) is 8.80. The molecule has 0 saturated heterocycles. The van der Waals surface area contributed by atoms with Gasteiger partial charge in [-0.15, -0.1) is 0 Å². The van der Waals surface area contributed by atoms with E-state index in [1.165, 1.54) is 0 Å². The minimum Gasteiger partial charge on any atom is -0.481 e. The van der Waals surface area contributed by atoms with Gasteiger partial charge in [0, 0.05) is 18.8 Å². The fourth-order valence-electron chi connectivity index (χ4n) is 1.22. The Hall–Kier alpha value is -1.62. The van der Waals surface area contributed by atoms with E-state index in [0.717, 1.165) is 5.56 Å². The Labute approximate surface area is 88.3 Å². The zero-order valence-corrected chi connectivity index (χ0v) is 8.80. The predicted molar refractivity (Wildman–Crippen MR) is 54.8 cm³/mol. The minimum atomic E-state index is -0.834. The largest absolute Gasteiger partial charge is 0.481 e. The van der Waals surface area contributed by atoms with E-state index in [0.29, 0.717) is 12.4 Å². The Morgan fingerprint density at radius 1 is 1.60 bits per heavy atom. The summed E-state index contributed by atoms with van der Waals surface area (Å²) in [4.78, 5) is 16.2. The standard InChI is InChI=1S/C10H14N2O3/c1-12(7-10(13)14)6-8-3-4-9(15-2)11-5-8/h3-5H,6-7H2,1-2H3,(H,13,14). The molecule has 0 bridgehead atoms. The molecule has 0 aliphatic carbocycles. The molecule has 82 valence electrons. The third-order valence-electron chi connectivity index (χ3n) is 1.86. The van der Waals surface area contributed by atoms with Gasteiger partial charge >= 0.3 is 5.97 Å². The molecule has 0 saturated carbocycles. The molecule has 1 rings (SSSR count). The molecule has 15 heavy (non-hydrogen) atoms. The van der Waals surface area contributed by atoms with Gasteiger partial charge in [-0.3, -0.25) is 9.69 Å². The Kier molecular flexibility index (Phi) is 4.05. The van der Waals surface area contributed by atoms with Gasteiger partial charge in [0.1, 0.15) is 0 Å². The molecule has 0 unspecified atom stereocenters. The number of nitrogens with zero attached hydrogens (tertiary/aromatic N) is 2. The van der Waals surface area contributed by atoms with Crippen LogP contribution in [-0.2, 0) is 11.3 Å². The van der Waals surface area contributed by atoms with Crippen LogP contribution in [-0.4, -0.2) is 41.7 Å². The number of methoxy groups -OCH3 is 1. The molecule has 1 heterocycles. The lowest BCUT2D eigenvalue weighted by molar-refractivity contribution is -0.138. The van der Waals surface area contributed by atoms with E-state index >= 15 is 0 Å². The number of hydrogen-bond acceptors (Lipinski definition) is 4. The van der Waals surface area contributed by atoms with E-state index in [1.807, 2.05) is 6.07 Å². The Morgan fingerprint density at radius 3 is 2.80 bits per heavy atom. The van der Waals surface area contributed by atoms with Crippen molar-refractivity contribution in [3.63, 3.8) is 0 Å². The topological polar surface area (TPSA) is 62.7 Å². The Balaban J connectivity index is 2.53. The normalized spacial score (nSPS) is 10.3. The highest BCUT2D eigenvalue weighted by atomic mass is 16.5. The molecule has 0 amide bonds. The smallest absolute Gasteiger partial charge is 0.317 e. The van der Waals surface area contributed by atoms with Gasteiger partial charge in [0.25, 0.3) is 0 Å². The Bertz CT molecular complexity index is 324. The number of aliphatic carboxylic acids is 1. The van der Waals surface area contributed by atoms with Crippen molar-refractivity contribution >= 4 is 5.97 Å². The molecule has 1 aromatic rings. The quantitative estimate of drug-likeness (QED) is 0.771. The van der Waals surface area contributed by atoms with Crippen molar-refractivity contribution in [2.45, 2.75) is 6.54 Å². The SMILES string of the molecule is COc1ccc(CN(C)CC(=O)O)cn1. The van der Waals surface area contributed by atoms with Crippen LogP contribution in [0.25, 0.3) is 0 Å². The number of ether oxygens (including phenoxy) is 1. The number of rotatable bonds is 5. The number of aromatic nitrogens is 1. The highest BCUT2D eigenvalue weighted by Crippen LogP contribution is 2.08. The number of carbonyl (C=O) groups is 1. The maximum absolute atomic E-state index is 10.4. The van der Waals surface area contributed by atoms with Crippen molar-refractivity contribution in [3.8, 4) is 5.88 Å². The molecule has 5 nitrogen and oxygen atoms in total. The number of pyridine rings is 1. The van der Waals surface area contributed by atoms with Gasteiger partial charge in [0.05, 0.1) is 13.7 Å². The summed E-state index contributed by atoms with van der Waals surface area (Å²) in [5.74, 6) is -0.279. The monoisotopic (exact) mass is 210 g/mol. The number of likely N-dealkylation sites (N-methyl/N-ethyl adjacent to an activating group) is 1. The minimum absolute atomic E-state index is 0.0199. The summed E-state index contributed by atoms with van der Waals surface area (Å²) >= 11 is 0. The van der Waals surface area contributed by atoms with Crippen molar-refractivity contribution in [1.82, 2.24) is 9.88 Å². The summed E-state index contributed by atoms with van der Waals surface area (Å²) in [6.45, 7) is 0.579. The van der Waals surface area contributed by atoms with Crippen molar-refractivity contribution in [2.75, 3.05) is 20.7 Å². The highest BCUT2D eigenvalue weighted by Gasteiger charge is 2.05. The maximum atomic E-state index is 10.4. The molecule has 5 heteroatoms. The first-order valence-corrected chi connectivity index (χ1v) is 4.51. The summed E-state index contributed by atoms with van der Waals surface area (Å²) in [6.07, 6.45) is 1.68. The summed E-state index contributed by atoms with van der Waals surface area (Å²) in [7, 11) is 3.30. The van der Waals surface area contributed by atoms with E-state index in [1.54, 1.807) is 31.3 Å². The van der Waals surface area contributed by atoms with Crippen molar-refractivity contribution in [2.24, 2.45) is 0 Å². The maximum Gasteiger partial charge on any atom is 0.317 e. The van der Waals surface area contributed by atoms with E-state index in [2.05, 4.69) is 4.98 Å². The molecular weight excluding hydrogens is 196 g/mol. The van der Waals surface area contributed by atoms with E-state index in [9.17, 15) is 4.79 Å². The molecule has 0 aromatic carbocycles. The first-order chi connectivity index (χ1) is 7.11. The second-order valence-corrected chi connectivity index (χ2v) is 3.27. The molecule has 1 N–H and O–H groups in total. The first kappa shape index (κ1) is 11.5. The summed E-state index contributed by atoms with van der Waals surface area (Å²) in [6, 6.07) is 3.62. The van der Waals surface area contributed by atoms with E-state index < -0.39 is 5.97 Å². The van der Waals surface area contributed by atoms with Crippen LogP contribution in [0.15, 0.2) is 18.3 Å². The van der Waals surface area contributed by atoms with Crippen LogP contribution in [0, 0.1) is 0 Å². The average Bonchev–Trinajstić information content (AvgIpc) is 2.17. The van der Waals surface area contributed by atoms with Gasteiger partial charge in [0.2, 0.25) is 5.88 Å².